The van der Waals surface area contributed by atoms with Crippen LogP contribution in [0.4, 0.5) is 0 Å². The van der Waals surface area contributed by atoms with Gasteiger partial charge in [-0.3, -0.25) is 19.3 Å². The van der Waals surface area contributed by atoms with Crippen molar-refractivity contribution in [2.75, 3.05) is 20.2 Å². The van der Waals surface area contributed by atoms with Crippen LogP contribution in [0.15, 0.2) is 18.2 Å². The average molecular weight is 302 g/mol. The Balaban J connectivity index is 1.64. The molecule has 2 heterocycles. The Hall–Kier alpha value is -2.21. The Kier molecular flexibility index (Phi) is 3.94. The zero-order chi connectivity index (χ0) is 15.7. The Morgan fingerprint density at radius 3 is 2.82 bits per heavy atom. The molecule has 1 fully saturated rings. The molecule has 0 aliphatic carbocycles. The van der Waals surface area contributed by atoms with Crippen LogP contribution >= 0.6 is 0 Å². The number of hydrogen-bond acceptors (Lipinski definition) is 4. The molecule has 1 atom stereocenters. The van der Waals surface area contributed by atoms with E-state index in [0.29, 0.717) is 23.2 Å². The van der Waals surface area contributed by atoms with E-state index in [0.717, 1.165) is 30.8 Å². The monoisotopic (exact) mass is 302 g/mol. The molecule has 6 heteroatoms. The summed E-state index contributed by atoms with van der Waals surface area (Å²) in [4.78, 5) is 36.9. The van der Waals surface area contributed by atoms with E-state index in [1.165, 1.54) is 19.2 Å². The van der Waals surface area contributed by atoms with E-state index < -0.39 is 0 Å². The zero-order valence-corrected chi connectivity index (χ0v) is 12.4. The van der Waals surface area contributed by atoms with Crippen molar-refractivity contribution >= 4 is 17.7 Å². The van der Waals surface area contributed by atoms with Crippen LogP contribution in [-0.4, -0.2) is 48.9 Å². The molecule has 1 aromatic rings. The largest absolute Gasteiger partial charge is 0.378 e. The second-order valence-corrected chi connectivity index (χ2v) is 5.61. The van der Waals surface area contributed by atoms with E-state index in [-0.39, 0.29) is 23.8 Å². The molecule has 0 aromatic heterocycles. The second-order valence-electron chi connectivity index (χ2n) is 5.61. The van der Waals surface area contributed by atoms with E-state index in [2.05, 4.69) is 5.32 Å². The fourth-order valence-electron chi connectivity index (χ4n) is 2.82. The Bertz CT molecular complexity index is 635. The van der Waals surface area contributed by atoms with E-state index in [1.807, 2.05) is 0 Å². The third kappa shape index (κ3) is 2.62. The highest BCUT2D eigenvalue weighted by molar-refractivity contribution is 6.21. The van der Waals surface area contributed by atoms with Crippen molar-refractivity contribution in [1.82, 2.24) is 10.2 Å². The van der Waals surface area contributed by atoms with Gasteiger partial charge < -0.3 is 10.1 Å². The van der Waals surface area contributed by atoms with Gasteiger partial charge in [-0.05, 0) is 37.5 Å². The summed E-state index contributed by atoms with van der Waals surface area (Å²) >= 11 is 0. The number of rotatable bonds is 4. The lowest BCUT2D eigenvalue weighted by Gasteiger charge is -2.10. The molecule has 6 nitrogen and oxygen atoms in total. The zero-order valence-electron chi connectivity index (χ0n) is 12.4. The minimum absolute atomic E-state index is 0.230. The lowest BCUT2D eigenvalue weighted by Crippen LogP contribution is -2.27. The van der Waals surface area contributed by atoms with Crippen LogP contribution in [0.5, 0.6) is 0 Å². The number of carbonyl (C=O) groups is 3. The molecular formula is C16H18N2O4. The van der Waals surface area contributed by atoms with Crippen molar-refractivity contribution in [3.05, 3.63) is 34.9 Å². The number of carbonyl (C=O) groups excluding carboxylic acids is 3. The molecule has 3 rings (SSSR count). The van der Waals surface area contributed by atoms with Crippen LogP contribution in [0.25, 0.3) is 0 Å². The standard InChI is InChI=1S/C16H18N2O4/c1-18-15(20)12-5-4-10(9-13(12)16(18)21)14(19)17-7-6-11-3-2-8-22-11/h4-5,9,11H,2-3,6-8H2,1H3,(H,17,19). The maximum atomic E-state index is 12.1. The Morgan fingerprint density at radius 2 is 2.09 bits per heavy atom. The van der Waals surface area contributed by atoms with Gasteiger partial charge in [0.1, 0.15) is 0 Å². The second kappa shape index (κ2) is 5.88. The van der Waals surface area contributed by atoms with Gasteiger partial charge in [0.25, 0.3) is 17.7 Å². The van der Waals surface area contributed by atoms with Gasteiger partial charge in [-0.25, -0.2) is 0 Å². The number of fused-ring (bicyclic) bond motifs is 1. The summed E-state index contributed by atoms with van der Waals surface area (Å²) in [6.45, 7) is 1.33. The fourth-order valence-corrected chi connectivity index (χ4v) is 2.82. The molecule has 1 aromatic carbocycles. The predicted octanol–water partition coefficient (Wildman–Crippen LogP) is 1.21. The fraction of sp³-hybridized carbons (Fsp3) is 0.438. The van der Waals surface area contributed by atoms with Gasteiger partial charge in [0.15, 0.2) is 0 Å². The first-order valence-corrected chi connectivity index (χ1v) is 7.44. The molecular weight excluding hydrogens is 284 g/mol. The summed E-state index contributed by atoms with van der Waals surface area (Å²) < 4.78 is 5.50. The molecule has 1 N–H and O–H groups in total. The third-order valence-electron chi connectivity index (χ3n) is 4.13. The molecule has 116 valence electrons. The van der Waals surface area contributed by atoms with Crippen LogP contribution in [0.1, 0.15) is 50.3 Å². The highest BCUT2D eigenvalue weighted by Gasteiger charge is 2.33. The molecule has 2 aliphatic rings. The normalized spacial score (nSPS) is 20.4. The number of benzene rings is 1. The summed E-state index contributed by atoms with van der Waals surface area (Å²) in [7, 11) is 1.44. The van der Waals surface area contributed by atoms with Crippen molar-refractivity contribution in [2.24, 2.45) is 0 Å². The number of hydrogen-bond donors (Lipinski definition) is 1. The minimum Gasteiger partial charge on any atom is -0.378 e. The molecule has 1 unspecified atom stereocenters. The van der Waals surface area contributed by atoms with E-state index >= 15 is 0 Å². The first-order chi connectivity index (χ1) is 10.6. The van der Waals surface area contributed by atoms with Gasteiger partial charge in [0.2, 0.25) is 0 Å². The molecule has 0 spiro atoms. The number of nitrogens with zero attached hydrogens (tertiary/aromatic N) is 1. The maximum Gasteiger partial charge on any atom is 0.261 e. The summed E-state index contributed by atoms with van der Waals surface area (Å²) in [5.74, 6) is -0.935. The average Bonchev–Trinajstić information content (AvgIpc) is 3.11. The third-order valence-corrected chi connectivity index (χ3v) is 4.13. The summed E-state index contributed by atoms with van der Waals surface area (Å²) in [6.07, 6.45) is 3.13. The molecule has 0 bridgehead atoms. The Labute approximate surface area is 128 Å². The quantitative estimate of drug-likeness (QED) is 0.848. The van der Waals surface area contributed by atoms with Gasteiger partial charge in [0, 0.05) is 25.8 Å². The molecule has 2 aliphatic heterocycles. The van der Waals surface area contributed by atoms with E-state index in [9.17, 15) is 14.4 Å². The van der Waals surface area contributed by atoms with Gasteiger partial charge in [-0.15, -0.1) is 0 Å². The minimum atomic E-state index is -0.367. The van der Waals surface area contributed by atoms with Crippen molar-refractivity contribution in [3.8, 4) is 0 Å². The van der Waals surface area contributed by atoms with E-state index in [1.54, 1.807) is 6.07 Å². The summed E-state index contributed by atoms with van der Waals surface area (Å²) in [6, 6.07) is 4.60. The smallest absolute Gasteiger partial charge is 0.261 e. The topological polar surface area (TPSA) is 75.7 Å². The molecule has 1 saturated heterocycles. The van der Waals surface area contributed by atoms with Crippen LogP contribution in [0, 0.1) is 0 Å². The molecule has 0 saturated carbocycles. The van der Waals surface area contributed by atoms with Crippen molar-refractivity contribution < 1.29 is 19.1 Å². The molecule has 3 amide bonds. The summed E-state index contributed by atoms with van der Waals surface area (Å²) in [5, 5.41) is 2.83. The van der Waals surface area contributed by atoms with Crippen molar-refractivity contribution in [2.45, 2.75) is 25.4 Å². The van der Waals surface area contributed by atoms with Crippen LogP contribution in [0.3, 0.4) is 0 Å². The summed E-state index contributed by atoms with van der Waals surface area (Å²) in [5.41, 5.74) is 1.03. The maximum absolute atomic E-state index is 12.1. The highest BCUT2D eigenvalue weighted by atomic mass is 16.5. The van der Waals surface area contributed by atoms with Crippen LogP contribution < -0.4 is 5.32 Å². The lowest BCUT2D eigenvalue weighted by molar-refractivity contribution is 0.0692. The Morgan fingerprint density at radius 1 is 1.32 bits per heavy atom. The number of imide groups is 1. The van der Waals surface area contributed by atoms with Crippen molar-refractivity contribution in [1.29, 1.82) is 0 Å². The van der Waals surface area contributed by atoms with Gasteiger partial charge in [0.05, 0.1) is 17.2 Å². The van der Waals surface area contributed by atoms with Gasteiger partial charge in [-0.1, -0.05) is 0 Å². The molecule has 0 radical (unpaired) electrons. The van der Waals surface area contributed by atoms with Crippen LogP contribution in [0.2, 0.25) is 0 Å². The number of amides is 3. The first-order valence-electron chi connectivity index (χ1n) is 7.44. The van der Waals surface area contributed by atoms with E-state index in [4.69, 9.17) is 4.74 Å². The van der Waals surface area contributed by atoms with Gasteiger partial charge in [-0.2, -0.15) is 0 Å². The van der Waals surface area contributed by atoms with Crippen molar-refractivity contribution in [3.63, 3.8) is 0 Å². The molecule has 22 heavy (non-hydrogen) atoms. The number of ether oxygens (including phenoxy) is 1. The predicted molar refractivity (Wildman–Crippen MR) is 78.8 cm³/mol. The van der Waals surface area contributed by atoms with Gasteiger partial charge >= 0.3 is 0 Å². The SMILES string of the molecule is CN1C(=O)c2ccc(C(=O)NCCC3CCCO3)cc2C1=O. The highest BCUT2D eigenvalue weighted by Crippen LogP contribution is 2.22. The van der Waals surface area contributed by atoms with Crippen LogP contribution in [-0.2, 0) is 4.74 Å². The lowest BCUT2D eigenvalue weighted by atomic mass is 10.1. The number of nitrogens with one attached hydrogen (secondary N) is 1. The first kappa shape index (κ1) is 14.7.